The molecule has 2 aromatic rings. The second kappa shape index (κ2) is 9.66. The van der Waals surface area contributed by atoms with Crippen LogP contribution in [-0.2, 0) is 9.59 Å². The lowest BCUT2D eigenvalue weighted by Gasteiger charge is -2.31. The van der Waals surface area contributed by atoms with Crippen molar-refractivity contribution in [3.63, 3.8) is 0 Å². The minimum atomic E-state index is -0.162. The van der Waals surface area contributed by atoms with Crippen LogP contribution in [0.2, 0.25) is 5.02 Å². The van der Waals surface area contributed by atoms with Gasteiger partial charge in [0, 0.05) is 12.7 Å². The quantitative estimate of drug-likeness (QED) is 0.780. The van der Waals surface area contributed by atoms with E-state index in [-0.39, 0.29) is 23.8 Å². The molecule has 1 aromatic carbocycles. The van der Waals surface area contributed by atoms with Gasteiger partial charge in [-0.15, -0.1) is 0 Å². The maximum Gasteiger partial charge on any atom is 0.234 e. The van der Waals surface area contributed by atoms with Crippen molar-refractivity contribution in [2.75, 3.05) is 25.0 Å². The molecule has 2 N–H and O–H groups in total. The van der Waals surface area contributed by atoms with Gasteiger partial charge in [-0.3, -0.25) is 14.5 Å². The minimum absolute atomic E-state index is 0.0308. The Balaban J connectivity index is 1.49. The second-order valence-corrected chi connectivity index (χ2v) is 7.56. The first-order valence-corrected chi connectivity index (χ1v) is 9.88. The predicted octanol–water partition coefficient (Wildman–Crippen LogP) is 3.26. The van der Waals surface area contributed by atoms with Gasteiger partial charge in [0.15, 0.2) is 0 Å². The zero-order chi connectivity index (χ0) is 19.9. The molecule has 2 heterocycles. The summed E-state index contributed by atoms with van der Waals surface area (Å²) in [5.74, 6) is 0.223. The maximum absolute atomic E-state index is 12.5. The molecule has 2 amide bonds. The van der Waals surface area contributed by atoms with Crippen LogP contribution in [0.15, 0.2) is 48.7 Å². The normalized spacial score (nSPS) is 18.3. The molecule has 7 heteroatoms. The topological polar surface area (TPSA) is 74.3 Å². The van der Waals surface area contributed by atoms with Crippen LogP contribution in [0.1, 0.15) is 31.4 Å². The molecule has 0 spiro atoms. The number of nitrogens with one attached hydrogen (secondary N) is 2. The van der Waals surface area contributed by atoms with Crippen LogP contribution in [0.4, 0.5) is 5.82 Å². The van der Waals surface area contributed by atoms with E-state index in [1.165, 1.54) is 6.20 Å². The third kappa shape index (κ3) is 5.78. The minimum Gasteiger partial charge on any atom is -0.348 e. The van der Waals surface area contributed by atoms with Crippen LogP contribution in [0, 0.1) is 5.92 Å². The number of hydrogen-bond acceptors (Lipinski definition) is 4. The van der Waals surface area contributed by atoms with Crippen LogP contribution >= 0.6 is 11.6 Å². The van der Waals surface area contributed by atoms with Gasteiger partial charge in [-0.25, -0.2) is 4.98 Å². The summed E-state index contributed by atoms with van der Waals surface area (Å²) in [5, 5.41) is 6.39. The summed E-state index contributed by atoms with van der Waals surface area (Å²) in [6, 6.07) is 13.2. The Morgan fingerprint density at radius 1 is 1.25 bits per heavy atom. The second-order valence-electron chi connectivity index (χ2n) is 7.13. The third-order valence-corrected chi connectivity index (χ3v) is 5.12. The van der Waals surface area contributed by atoms with Crippen LogP contribution in [0.5, 0.6) is 0 Å². The van der Waals surface area contributed by atoms with E-state index in [9.17, 15) is 9.59 Å². The van der Waals surface area contributed by atoms with Gasteiger partial charge in [-0.05, 0) is 44.0 Å². The van der Waals surface area contributed by atoms with Gasteiger partial charge in [0.05, 0.1) is 23.5 Å². The standard InChI is InChI=1S/C21H25ClN4O2/c1-15(16-6-3-2-4-7-16)24-20(27)14-26-11-5-8-17(13-26)21(28)25-19-10-9-18(22)12-23-19/h2-4,6-7,9-10,12,15,17H,5,8,11,13-14H2,1H3,(H,24,27)(H,23,25,28). The lowest BCUT2D eigenvalue weighted by molar-refractivity contribution is -0.126. The molecule has 1 fully saturated rings. The number of carbonyl (C=O) groups is 2. The van der Waals surface area contributed by atoms with Gasteiger partial charge in [0.1, 0.15) is 5.82 Å². The van der Waals surface area contributed by atoms with Crippen LogP contribution in [0.3, 0.4) is 0 Å². The monoisotopic (exact) mass is 400 g/mol. The summed E-state index contributed by atoms with van der Waals surface area (Å²) >= 11 is 5.82. The van der Waals surface area contributed by atoms with Crippen molar-refractivity contribution in [2.24, 2.45) is 5.92 Å². The van der Waals surface area contributed by atoms with Crippen molar-refractivity contribution < 1.29 is 9.59 Å². The van der Waals surface area contributed by atoms with Crippen molar-refractivity contribution in [1.29, 1.82) is 0 Å². The maximum atomic E-state index is 12.5. The van der Waals surface area contributed by atoms with Gasteiger partial charge in [0.2, 0.25) is 11.8 Å². The molecule has 1 aromatic heterocycles. The number of carbonyl (C=O) groups excluding carboxylic acids is 2. The van der Waals surface area contributed by atoms with Crippen molar-refractivity contribution in [3.8, 4) is 0 Å². The smallest absolute Gasteiger partial charge is 0.234 e. The highest BCUT2D eigenvalue weighted by Crippen LogP contribution is 2.19. The molecular weight excluding hydrogens is 376 g/mol. The Morgan fingerprint density at radius 3 is 2.75 bits per heavy atom. The number of aromatic nitrogens is 1. The number of likely N-dealkylation sites (tertiary alicyclic amines) is 1. The highest BCUT2D eigenvalue weighted by Gasteiger charge is 2.27. The summed E-state index contributed by atoms with van der Waals surface area (Å²) in [6.45, 7) is 3.64. The molecule has 1 aliphatic heterocycles. The first-order valence-electron chi connectivity index (χ1n) is 9.50. The summed E-state index contributed by atoms with van der Waals surface area (Å²) in [5.41, 5.74) is 1.07. The van der Waals surface area contributed by atoms with E-state index < -0.39 is 0 Å². The van der Waals surface area contributed by atoms with Crippen molar-refractivity contribution >= 4 is 29.2 Å². The fourth-order valence-electron chi connectivity index (χ4n) is 3.41. The first kappa shape index (κ1) is 20.3. The zero-order valence-corrected chi connectivity index (χ0v) is 16.7. The Morgan fingerprint density at radius 2 is 2.04 bits per heavy atom. The molecule has 2 atom stereocenters. The third-order valence-electron chi connectivity index (χ3n) is 4.90. The van der Waals surface area contributed by atoms with Gasteiger partial charge < -0.3 is 10.6 Å². The van der Waals surface area contributed by atoms with E-state index >= 15 is 0 Å². The number of amides is 2. The average Bonchev–Trinajstić information content (AvgIpc) is 2.70. The number of nitrogens with zero attached hydrogens (tertiary/aromatic N) is 2. The molecule has 2 unspecified atom stereocenters. The highest BCUT2D eigenvalue weighted by molar-refractivity contribution is 6.30. The molecule has 1 aliphatic rings. The summed E-state index contributed by atoms with van der Waals surface area (Å²) in [7, 11) is 0. The molecule has 148 valence electrons. The van der Waals surface area contributed by atoms with Crippen molar-refractivity contribution in [1.82, 2.24) is 15.2 Å². The van der Waals surface area contributed by atoms with E-state index in [0.29, 0.717) is 23.9 Å². The van der Waals surface area contributed by atoms with E-state index in [4.69, 9.17) is 11.6 Å². The largest absolute Gasteiger partial charge is 0.348 e. The van der Waals surface area contributed by atoms with Crippen molar-refractivity contribution in [3.05, 3.63) is 59.2 Å². The molecule has 0 saturated carbocycles. The Kier molecular flexibility index (Phi) is 7.01. The number of benzene rings is 1. The fraction of sp³-hybridized carbons (Fsp3) is 0.381. The SMILES string of the molecule is CC(NC(=O)CN1CCCC(C(=O)Nc2ccc(Cl)cn2)C1)c1ccccc1. The van der Waals surface area contributed by atoms with Gasteiger partial charge in [-0.1, -0.05) is 41.9 Å². The van der Waals surface area contributed by atoms with E-state index in [1.807, 2.05) is 42.2 Å². The summed E-state index contributed by atoms with van der Waals surface area (Å²) in [6.07, 6.45) is 3.19. The number of halogens is 1. The van der Waals surface area contributed by atoms with Crippen LogP contribution in [0.25, 0.3) is 0 Å². The first-order chi connectivity index (χ1) is 13.5. The summed E-state index contributed by atoms with van der Waals surface area (Å²) < 4.78 is 0. The molecule has 6 nitrogen and oxygen atoms in total. The zero-order valence-electron chi connectivity index (χ0n) is 15.9. The molecule has 1 saturated heterocycles. The van der Waals surface area contributed by atoms with Crippen molar-refractivity contribution in [2.45, 2.75) is 25.8 Å². The van der Waals surface area contributed by atoms with E-state index in [2.05, 4.69) is 15.6 Å². The van der Waals surface area contributed by atoms with Crippen LogP contribution in [-0.4, -0.2) is 41.3 Å². The number of rotatable bonds is 6. The number of piperidine rings is 1. The predicted molar refractivity (Wildman–Crippen MR) is 110 cm³/mol. The van der Waals surface area contributed by atoms with Crippen LogP contribution < -0.4 is 10.6 Å². The van der Waals surface area contributed by atoms with E-state index in [1.54, 1.807) is 12.1 Å². The lowest BCUT2D eigenvalue weighted by atomic mass is 9.97. The fourth-order valence-corrected chi connectivity index (χ4v) is 3.52. The number of hydrogen-bond donors (Lipinski definition) is 2. The number of pyridine rings is 1. The summed E-state index contributed by atoms with van der Waals surface area (Å²) in [4.78, 5) is 31.1. The Hall–Kier alpha value is -2.44. The van der Waals surface area contributed by atoms with E-state index in [0.717, 1.165) is 24.9 Å². The molecule has 28 heavy (non-hydrogen) atoms. The molecule has 3 rings (SSSR count). The lowest BCUT2D eigenvalue weighted by Crippen LogP contribution is -2.45. The van der Waals surface area contributed by atoms with Gasteiger partial charge in [-0.2, -0.15) is 0 Å². The van der Waals surface area contributed by atoms with Gasteiger partial charge >= 0.3 is 0 Å². The molecule has 0 radical (unpaired) electrons. The highest BCUT2D eigenvalue weighted by atomic mass is 35.5. The Labute approximate surface area is 170 Å². The van der Waals surface area contributed by atoms with Gasteiger partial charge in [0.25, 0.3) is 0 Å². The molecule has 0 bridgehead atoms. The molecular formula is C21H25ClN4O2. The number of anilines is 1. The molecule has 0 aliphatic carbocycles. The average molecular weight is 401 g/mol. The Bertz CT molecular complexity index is 798.